The van der Waals surface area contributed by atoms with Crippen LogP contribution in [0.25, 0.3) is 10.9 Å². The van der Waals surface area contributed by atoms with Crippen molar-refractivity contribution in [2.45, 2.75) is 18.2 Å². The molecule has 0 aliphatic rings. The van der Waals surface area contributed by atoms with E-state index in [1.54, 1.807) is 13.1 Å². The Labute approximate surface area is 169 Å². The van der Waals surface area contributed by atoms with Gasteiger partial charge in [-0.25, -0.2) is 17.9 Å². The molecule has 0 amide bonds. The molecule has 0 unspecified atom stereocenters. The number of carbonyl (C=O) groups excluding carboxylic acids is 1. The van der Waals surface area contributed by atoms with E-state index in [0.29, 0.717) is 24.3 Å². The number of aromatic nitrogens is 1. The number of nitrogens with zero attached hydrogens (tertiary/aromatic N) is 1. The van der Waals surface area contributed by atoms with Gasteiger partial charge >= 0.3 is 5.97 Å². The molecule has 29 heavy (non-hydrogen) atoms. The first kappa shape index (κ1) is 20.8. The van der Waals surface area contributed by atoms with Crippen LogP contribution in [0.3, 0.4) is 0 Å². The first-order valence-corrected chi connectivity index (χ1v) is 10.7. The van der Waals surface area contributed by atoms with Crippen molar-refractivity contribution in [3.8, 4) is 5.75 Å². The third-order valence-electron chi connectivity index (χ3n) is 4.14. The number of benzene rings is 2. The van der Waals surface area contributed by atoms with Gasteiger partial charge in [0.15, 0.2) is 0 Å². The van der Waals surface area contributed by atoms with Gasteiger partial charge in [-0.15, -0.1) is 0 Å². The molecule has 0 aliphatic heterocycles. The molecular formula is C21H22N2O5S. The Kier molecular flexibility index (Phi) is 6.79. The second-order valence-corrected chi connectivity index (χ2v) is 7.94. The van der Waals surface area contributed by atoms with Crippen LogP contribution >= 0.6 is 0 Å². The maximum absolute atomic E-state index is 12.4. The second kappa shape index (κ2) is 9.49. The molecule has 0 atom stereocenters. The summed E-state index contributed by atoms with van der Waals surface area (Å²) in [5.41, 5.74) is 1.08. The van der Waals surface area contributed by atoms with Crippen LogP contribution < -0.4 is 9.46 Å². The van der Waals surface area contributed by atoms with Crippen LogP contribution in [0.5, 0.6) is 5.75 Å². The maximum atomic E-state index is 12.4. The zero-order valence-corrected chi connectivity index (χ0v) is 16.8. The predicted molar refractivity (Wildman–Crippen MR) is 109 cm³/mol. The van der Waals surface area contributed by atoms with Gasteiger partial charge in [0.05, 0.1) is 23.7 Å². The van der Waals surface area contributed by atoms with Gasteiger partial charge < -0.3 is 9.47 Å². The van der Waals surface area contributed by atoms with Crippen LogP contribution in [0.4, 0.5) is 0 Å². The molecule has 1 heterocycles. The Hall–Kier alpha value is -2.97. The Balaban J connectivity index is 1.51. The lowest BCUT2D eigenvalue weighted by molar-refractivity contribution is 0.0526. The molecule has 3 aromatic rings. The first-order valence-electron chi connectivity index (χ1n) is 9.24. The minimum absolute atomic E-state index is 0.0877. The van der Waals surface area contributed by atoms with Crippen LogP contribution in [-0.2, 0) is 14.8 Å². The number of carbonyl (C=O) groups is 1. The van der Waals surface area contributed by atoms with Crippen molar-refractivity contribution in [1.29, 1.82) is 0 Å². The van der Waals surface area contributed by atoms with Crippen molar-refractivity contribution in [3.63, 3.8) is 0 Å². The average molecular weight is 414 g/mol. The van der Waals surface area contributed by atoms with E-state index in [-0.39, 0.29) is 18.0 Å². The summed E-state index contributed by atoms with van der Waals surface area (Å²) < 4.78 is 37.9. The highest BCUT2D eigenvalue weighted by Crippen LogP contribution is 2.22. The molecule has 1 N–H and O–H groups in total. The minimum atomic E-state index is -3.66. The smallest absolute Gasteiger partial charge is 0.338 e. The van der Waals surface area contributed by atoms with E-state index < -0.39 is 16.0 Å². The lowest BCUT2D eigenvalue weighted by Gasteiger charge is -2.10. The maximum Gasteiger partial charge on any atom is 0.338 e. The van der Waals surface area contributed by atoms with Gasteiger partial charge in [0.2, 0.25) is 10.0 Å². The van der Waals surface area contributed by atoms with Crippen molar-refractivity contribution in [3.05, 3.63) is 66.4 Å². The normalized spacial score (nSPS) is 11.3. The van der Waals surface area contributed by atoms with Gasteiger partial charge in [-0.3, -0.25) is 4.98 Å². The highest BCUT2D eigenvalue weighted by Gasteiger charge is 2.15. The molecule has 0 fully saturated rings. The summed E-state index contributed by atoms with van der Waals surface area (Å²) in [5, 5.41) is 0.983. The lowest BCUT2D eigenvalue weighted by atomic mass is 10.2. The highest BCUT2D eigenvalue weighted by atomic mass is 32.2. The second-order valence-electron chi connectivity index (χ2n) is 6.18. The SMILES string of the molecule is CCOC(=O)c1ccc(S(=O)(=O)NCCCOc2cccc3cccnc23)cc1. The number of fused-ring (bicyclic) bond motifs is 1. The van der Waals surface area contributed by atoms with E-state index in [1.807, 2.05) is 30.3 Å². The summed E-state index contributed by atoms with van der Waals surface area (Å²) in [4.78, 5) is 16.1. The molecule has 7 nitrogen and oxygen atoms in total. The van der Waals surface area contributed by atoms with Crippen molar-refractivity contribution >= 4 is 26.9 Å². The summed E-state index contributed by atoms with van der Waals surface area (Å²) in [7, 11) is -3.66. The monoisotopic (exact) mass is 414 g/mol. The van der Waals surface area contributed by atoms with Gasteiger partial charge in [-0.2, -0.15) is 0 Å². The largest absolute Gasteiger partial charge is 0.491 e. The molecule has 8 heteroatoms. The predicted octanol–water partition coefficient (Wildman–Crippen LogP) is 3.16. The molecule has 0 spiro atoms. The van der Waals surface area contributed by atoms with E-state index in [4.69, 9.17) is 9.47 Å². The molecule has 2 aromatic carbocycles. The van der Waals surface area contributed by atoms with Gasteiger partial charge in [0.25, 0.3) is 0 Å². The van der Waals surface area contributed by atoms with Crippen LogP contribution in [0.2, 0.25) is 0 Å². The fraction of sp³-hybridized carbons (Fsp3) is 0.238. The summed E-state index contributed by atoms with van der Waals surface area (Å²) in [5.74, 6) is 0.185. The van der Waals surface area contributed by atoms with Crippen molar-refractivity contribution in [1.82, 2.24) is 9.71 Å². The molecular weight excluding hydrogens is 392 g/mol. The van der Waals surface area contributed by atoms with E-state index >= 15 is 0 Å². The number of hydrogen-bond donors (Lipinski definition) is 1. The fourth-order valence-corrected chi connectivity index (χ4v) is 3.80. The van der Waals surface area contributed by atoms with Crippen LogP contribution in [0.15, 0.2) is 65.7 Å². The third-order valence-corrected chi connectivity index (χ3v) is 5.62. The number of rotatable bonds is 9. The fourth-order valence-electron chi connectivity index (χ4n) is 2.72. The standard InChI is InChI=1S/C21H22N2O5S/c1-2-27-21(24)17-9-11-18(12-10-17)29(25,26)23-14-5-15-28-19-8-3-6-16-7-4-13-22-20(16)19/h3-4,6-13,23H,2,5,14-15H2,1H3. The van der Waals surface area contributed by atoms with Crippen LogP contribution in [0, 0.1) is 0 Å². The number of nitrogens with one attached hydrogen (secondary N) is 1. The average Bonchev–Trinajstić information content (AvgIpc) is 2.74. The number of ether oxygens (including phenoxy) is 2. The molecule has 0 saturated carbocycles. The molecule has 0 radical (unpaired) electrons. The Morgan fingerprint density at radius 3 is 2.59 bits per heavy atom. The molecule has 1 aromatic heterocycles. The summed E-state index contributed by atoms with van der Waals surface area (Å²) in [6, 6.07) is 15.1. The molecule has 152 valence electrons. The Morgan fingerprint density at radius 2 is 1.83 bits per heavy atom. The van der Waals surface area contributed by atoms with E-state index in [0.717, 1.165) is 10.9 Å². The molecule has 0 aliphatic carbocycles. The van der Waals surface area contributed by atoms with E-state index in [2.05, 4.69) is 9.71 Å². The molecule has 0 saturated heterocycles. The topological polar surface area (TPSA) is 94.6 Å². The Morgan fingerprint density at radius 1 is 1.07 bits per heavy atom. The highest BCUT2D eigenvalue weighted by molar-refractivity contribution is 7.89. The van der Waals surface area contributed by atoms with E-state index in [1.165, 1.54) is 24.3 Å². The number of hydrogen-bond acceptors (Lipinski definition) is 6. The van der Waals surface area contributed by atoms with Crippen molar-refractivity contribution in [2.75, 3.05) is 19.8 Å². The van der Waals surface area contributed by atoms with Gasteiger partial charge in [0.1, 0.15) is 11.3 Å². The number of esters is 1. The lowest BCUT2D eigenvalue weighted by Crippen LogP contribution is -2.26. The molecule has 3 rings (SSSR count). The number of sulfonamides is 1. The van der Waals surface area contributed by atoms with Gasteiger partial charge in [-0.1, -0.05) is 18.2 Å². The van der Waals surface area contributed by atoms with Gasteiger partial charge in [-0.05, 0) is 49.7 Å². The summed E-state index contributed by atoms with van der Waals surface area (Å²) >= 11 is 0. The zero-order valence-electron chi connectivity index (χ0n) is 16.0. The third kappa shape index (κ3) is 5.30. The quantitative estimate of drug-likeness (QED) is 0.427. The van der Waals surface area contributed by atoms with Crippen molar-refractivity contribution < 1.29 is 22.7 Å². The van der Waals surface area contributed by atoms with E-state index in [9.17, 15) is 13.2 Å². The summed E-state index contributed by atoms with van der Waals surface area (Å²) in [6.07, 6.45) is 2.19. The summed E-state index contributed by atoms with van der Waals surface area (Å²) in [6.45, 7) is 2.54. The zero-order chi connectivity index (χ0) is 20.7. The van der Waals surface area contributed by atoms with Crippen LogP contribution in [0.1, 0.15) is 23.7 Å². The number of pyridine rings is 1. The van der Waals surface area contributed by atoms with Crippen molar-refractivity contribution in [2.24, 2.45) is 0 Å². The van der Waals surface area contributed by atoms with Gasteiger partial charge in [0, 0.05) is 18.1 Å². The first-order chi connectivity index (χ1) is 14.0. The Bertz CT molecular complexity index is 1080. The number of para-hydroxylation sites is 1. The minimum Gasteiger partial charge on any atom is -0.491 e. The molecule has 0 bridgehead atoms. The van der Waals surface area contributed by atoms with Crippen LogP contribution in [-0.4, -0.2) is 39.1 Å².